The molecule has 2 aliphatic heterocycles. The maximum absolute atomic E-state index is 13.5. The molecule has 1 aromatic carbocycles. The van der Waals surface area contributed by atoms with Crippen LogP contribution in [0.1, 0.15) is 38.2 Å². The van der Waals surface area contributed by atoms with Crippen LogP contribution in [-0.2, 0) is 9.47 Å². The summed E-state index contributed by atoms with van der Waals surface area (Å²) in [6, 6.07) is 5.37. The average molecular weight is 421 g/mol. The molecule has 0 bridgehead atoms. The van der Waals surface area contributed by atoms with Gasteiger partial charge in [0.05, 0.1) is 13.2 Å². The van der Waals surface area contributed by atoms with Crippen molar-refractivity contribution >= 4 is 11.6 Å². The van der Waals surface area contributed by atoms with Gasteiger partial charge in [0.2, 0.25) is 0 Å². The highest BCUT2D eigenvalue weighted by Gasteiger charge is 2.22. The third-order valence-corrected chi connectivity index (χ3v) is 5.70. The molecule has 0 radical (unpaired) electrons. The fraction of sp³-hybridized carbons (Fsp3) is 0.696. The van der Waals surface area contributed by atoms with E-state index in [9.17, 15) is 4.39 Å². The standard InChI is InChI=1S/C23H37FN4O2/c1-3-25-23(26-10-5-12-29-16-19-9-13-30-17-19)27-21-6-4-11-28(15-21)22-8-7-20(24)14-18(22)2/h7-8,14,19,21H,3-6,9-13,15-17H2,1-2H3,(H2,25,26,27). The van der Waals surface area contributed by atoms with Crippen molar-refractivity contribution in [3.8, 4) is 0 Å². The van der Waals surface area contributed by atoms with Crippen molar-refractivity contribution in [3.63, 3.8) is 0 Å². The summed E-state index contributed by atoms with van der Waals surface area (Å²) in [4.78, 5) is 7.07. The van der Waals surface area contributed by atoms with Gasteiger partial charge in [0.25, 0.3) is 0 Å². The molecule has 2 unspecified atom stereocenters. The number of guanidine groups is 1. The Morgan fingerprint density at radius 1 is 1.37 bits per heavy atom. The van der Waals surface area contributed by atoms with E-state index in [-0.39, 0.29) is 5.82 Å². The Morgan fingerprint density at radius 2 is 2.27 bits per heavy atom. The number of aryl methyl sites for hydroxylation is 1. The molecule has 2 atom stereocenters. The van der Waals surface area contributed by atoms with Crippen LogP contribution in [0.3, 0.4) is 0 Å². The highest BCUT2D eigenvalue weighted by Crippen LogP contribution is 2.24. The molecule has 0 saturated carbocycles. The van der Waals surface area contributed by atoms with Gasteiger partial charge in [-0.15, -0.1) is 0 Å². The molecule has 30 heavy (non-hydrogen) atoms. The van der Waals surface area contributed by atoms with Crippen LogP contribution in [0.2, 0.25) is 0 Å². The number of anilines is 1. The number of hydrogen-bond donors (Lipinski definition) is 2. The number of aliphatic imine (C=N–C) groups is 1. The molecule has 0 spiro atoms. The Kier molecular flexibility index (Phi) is 9.21. The van der Waals surface area contributed by atoms with Crippen molar-refractivity contribution in [2.24, 2.45) is 10.9 Å². The molecule has 0 aromatic heterocycles. The first-order valence-electron chi connectivity index (χ1n) is 11.4. The van der Waals surface area contributed by atoms with Crippen molar-refractivity contribution in [2.45, 2.75) is 45.6 Å². The Hall–Kier alpha value is -1.86. The number of ether oxygens (including phenoxy) is 2. The van der Waals surface area contributed by atoms with E-state index in [0.29, 0.717) is 12.0 Å². The van der Waals surface area contributed by atoms with E-state index in [1.54, 1.807) is 12.1 Å². The van der Waals surface area contributed by atoms with Gasteiger partial charge in [-0.2, -0.15) is 0 Å². The molecule has 2 saturated heterocycles. The number of hydrogen-bond acceptors (Lipinski definition) is 4. The molecular formula is C23H37FN4O2. The Labute approximate surface area is 180 Å². The predicted octanol–water partition coefficient (Wildman–Crippen LogP) is 3.10. The summed E-state index contributed by atoms with van der Waals surface area (Å²) in [7, 11) is 0. The van der Waals surface area contributed by atoms with Gasteiger partial charge >= 0.3 is 0 Å². The third kappa shape index (κ3) is 7.13. The van der Waals surface area contributed by atoms with E-state index in [1.165, 1.54) is 0 Å². The molecule has 0 amide bonds. The van der Waals surface area contributed by atoms with Gasteiger partial charge in [-0.25, -0.2) is 4.39 Å². The van der Waals surface area contributed by atoms with Gasteiger partial charge in [0, 0.05) is 57.0 Å². The molecule has 1 aromatic rings. The first-order valence-corrected chi connectivity index (χ1v) is 11.4. The minimum absolute atomic E-state index is 0.176. The maximum Gasteiger partial charge on any atom is 0.191 e. The molecule has 2 aliphatic rings. The first kappa shape index (κ1) is 22.8. The van der Waals surface area contributed by atoms with Crippen LogP contribution in [0.4, 0.5) is 10.1 Å². The highest BCUT2D eigenvalue weighted by molar-refractivity contribution is 5.80. The molecule has 168 valence electrons. The maximum atomic E-state index is 13.5. The topological polar surface area (TPSA) is 58.1 Å². The summed E-state index contributed by atoms with van der Waals surface area (Å²) in [5.74, 6) is 1.25. The van der Waals surface area contributed by atoms with Crippen LogP contribution in [0, 0.1) is 18.7 Å². The van der Waals surface area contributed by atoms with Gasteiger partial charge in [0.15, 0.2) is 5.96 Å². The zero-order chi connectivity index (χ0) is 21.2. The number of nitrogens with one attached hydrogen (secondary N) is 2. The van der Waals surface area contributed by atoms with Gasteiger partial charge in [-0.1, -0.05) is 0 Å². The van der Waals surface area contributed by atoms with E-state index >= 15 is 0 Å². The van der Waals surface area contributed by atoms with Crippen molar-refractivity contribution in [1.29, 1.82) is 0 Å². The van der Waals surface area contributed by atoms with Crippen LogP contribution in [0.25, 0.3) is 0 Å². The zero-order valence-electron chi connectivity index (χ0n) is 18.5. The second-order valence-electron chi connectivity index (χ2n) is 8.28. The quantitative estimate of drug-likeness (QED) is 0.365. The number of nitrogens with zero attached hydrogens (tertiary/aromatic N) is 2. The van der Waals surface area contributed by atoms with Crippen LogP contribution in [0.15, 0.2) is 23.2 Å². The van der Waals surface area contributed by atoms with Crippen molar-refractivity contribution in [1.82, 2.24) is 10.6 Å². The fourth-order valence-electron chi connectivity index (χ4n) is 4.12. The van der Waals surface area contributed by atoms with E-state index in [0.717, 1.165) is 95.5 Å². The second kappa shape index (κ2) is 12.1. The smallest absolute Gasteiger partial charge is 0.191 e. The Bertz CT molecular complexity index is 679. The molecule has 3 rings (SSSR count). The molecule has 2 heterocycles. The van der Waals surface area contributed by atoms with Gasteiger partial charge in [0.1, 0.15) is 5.82 Å². The average Bonchev–Trinajstić information content (AvgIpc) is 3.24. The summed E-state index contributed by atoms with van der Waals surface area (Å²) >= 11 is 0. The van der Waals surface area contributed by atoms with E-state index in [1.807, 2.05) is 13.0 Å². The lowest BCUT2D eigenvalue weighted by atomic mass is 10.0. The van der Waals surface area contributed by atoms with Crippen molar-refractivity contribution in [3.05, 3.63) is 29.6 Å². The summed E-state index contributed by atoms with van der Waals surface area (Å²) < 4.78 is 24.6. The number of benzene rings is 1. The van der Waals surface area contributed by atoms with E-state index < -0.39 is 0 Å². The molecular weight excluding hydrogens is 383 g/mol. The largest absolute Gasteiger partial charge is 0.381 e. The SMILES string of the molecule is CCNC(=NCCCOCC1CCOC1)NC1CCCN(c2ccc(F)cc2C)C1. The van der Waals surface area contributed by atoms with E-state index in [2.05, 4.69) is 22.5 Å². The molecule has 7 heteroatoms. The van der Waals surface area contributed by atoms with Crippen LogP contribution in [-0.4, -0.2) is 64.6 Å². The second-order valence-corrected chi connectivity index (χ2v) is 8.28. The van der Waals surface area contributed by atoms with Crippen molar-refractivity contribution in [2.75, 3.05) is 57.5 Å². The summed E-state index contributed by atoms with van der Waals surface area (Å²) in [6.45, 7) is 10.8. The van der Waals surface area contributed by atoms with Crippen molar-refractivity contribution < 1.29 is 13.9 Å². The minimum atomic E-state index is -0.176. The lowest BCUT2D eigenvalue weighted by molar-refractivity contribution is 0.0893. The number of halogens is 1. The lowest BCUT2D eigenvalue weighted by Crippen LogP contribution is -2.51. The van der Waals surface area contributed by atoms with Gasteiger partial charge < -0.3 is 25.0 Å². The normalized spacial score (nSPS) is 22.4. The lowest BCUT2D eigenvalue weighted by Gasteiger charge is -2.36. The summed E-state index contributed by atoms with van der Waals surface area (Å²) in [5, 5.41) is 6.94. The Balaban J connectivity index is 1.44. The predicted molar refractivity (Wildman–Crippen MR) is 120 cm³/mol. The molecule has 6 nitrogen and oxygen atoms in total. The zero-order valence-corrected chi connectivity index (χ0v) is 18.5. The molecule has 2 fully saturated rings. The monoisotopic (exact) mass is 420 g/mol. The minimum Gasteiger partial charge on any atom is -0.381 e. The fourth-order valence-corrected chi connectivity index (χ4v) is 4.12. The van der Waals surface area contributed by atoms with Crippen LogP contribution in [0.5, 0.6) is 0 Å². The first-order chi connectivity index (χ1) is 14.7. The van der Waals surface area contributed by atoms with E-state index in [4.69, 9.17) is 14.5 Å². The number of piperidine rings is 1. The summed E-state index contributed by atoms with van der Waals surface area (Å²) in [6.07, 6.45) is 4.23. The highest BCUT2D eigenvalue weighted by atomic mass is 19.1. The molecule has 2 N–H and O–H groups in total. The number of rotatable bonds is 9. The van der Waals surface area contributed by atoms with Gasteiger partial charge in [-0.3, -0.25) is 4.99 Å². The third-order valence-electron chi connectivity index (χ3n) is 5.70. The van der Waals surface area contributed by atoms with Crippen LogP contribution < -0.4 is 15.5 Å². The summed E-state index contributed by atoms with van der Waals surface area (Å²) in [5.41, 5.74) is 2.11. The molecule has 0 aliphatic carbocycles. The van der Waals surface area contributed by atoms with Gasteiger partial charge in [-0.05, 0) is 63.3 Å². The Morgan fingerprint density at radius 3 is 3.03 bits per heavy atom. The van der Waals surface area contributed by atoms with Crippen LogP contribution >= 0.6 is 0 Å².